The fourth-order valence-electron chi connectivity index (χ4n) is 3.03. The van der Waals surface area contributed by atoms with E-state index in [1.807, 2.05) is 6.92 Å². The molecule has 25 heavy (non-hydrogen) atoms. The smallest absolute Gasteiger partial charge is 0.276 e. The van der Waals surface area contributed by atoms with Crippen LogP contribution in [0.25, 0.3) is 5.65 Å². The molecule has 1 aliphatic rings. The predicted molar refractivity (Wildman–Crippen MR) is 91.6 cm³/mol. The van der Waals surface area contributed by atoms with Crippen LogP contribution in [0.1, 0.15) is 29.5 Å². The number of imidazole rings is 1. The van der Waals surface area contributed by atoms with E-state index in [0.717, 1.165) is 4.31 Å². The Hall–Kier alpha value is -2.17. The maximum Gasteiger partial charge on any atom is 0.276 e. The second kappa shape index (κ2) is 6.62. The number of amides is 1. The molecule has 0 unspecified atom stereocenters. The van der Waals surface area contributed by atoms with Crippen LogP contribution in [0.3, 0.4) is 0 Å². The summed E-state index contributed by atoms with van der Waals surface area (Å²) in [6.45, 7) is 4.60. The monoisotopic (exact) mass is 367 g/mol. The lowest BCUT2D eigenvalue weighted by Gasteiger charge is -2.14. The molecule has 0 spiro atoms. The first-order valence-electron chi connectivity index (χ1n) is 8.00. The van der Waals surface area contributed by atoms with Crippen LogP contribution in [0.4, 0.5) is 0 Å². The molecule has 1 saturated heterocycles. The van der Waals surface area contributed by atoms with Crippen molar-refractivity contribution in [3.05, 3.63) is 29.7 Å². The minimum Gasteiger partial charge on any atom is -0.490 e. The van der Waals surface area contributed by atoms with E-state index < -0.39 is 10.2 Å². The number of ether oxygens (including phenoxy) is 1. The lowest BCUT2D eigenvalue weighted by Crippen LogP contribution is -2.40. The largest absolute Gasteiger partial charge is 0.490 e. The van der Waals surface area contributed by atoms with Crippen molar-refractivity contribution in [2.75, 3.05) is 19.7 Å². The van der Waals surface area contributed by atoms with Crippen LogP contribution in [0.2, 0.25) is 0 Å². The Morgan fingerprint density at radius 2 is 2.28 bits per heavy atom. The molecule has 0 aromatic carbocycles. The van der Waals surface area contributed by atoms with E-state index in [-0.39, 0.29) is 18.5 Å². The molecular formula is C15H21N5O4S. The zero-order valence-electron chi connectivity index (χ0n) is 14.1. The standard InChI is InChI=1S/C15H21N5O4S/c1-3-24-12-5-4-7-20-13(10(2)17-14(12)20)15(21)18-11-6-8-19(9-11)25(16,22)23/h4-5,7,11H,3,6,8-9H2,1-2H3,(H,18,21)(H2,16,22,23)/t11-/m1/s1. The third kappa shape index (κ3) is 3.46. The van der Waals surface area contributed by atoms with Crippen LogP contribution in [0.15, 0.2) is 18.3 Å². The van der Waals surface area contributed by atoms with Gasteiger partial charge in [0.15, 0.2) is 11.4 Å². The topological polar surface area (TPSA) is 119 Å². The maximum atomic E-state index is 12.7. The average molecular weight is 367 g/mol. The highest BCUT2D eigenvalue weighted by molar-refractivity contribution is 7.86. The summed E-state index contributed by atoms with van der Waals surface area (Å²) in [4.78, 5) is 17.1. The normalized spacial score (nSPS) is 18.6. The predicted octanol–water partition coefficient (Wildman–Crippen LogP) is 0.0490. The van der Waals surface area contributed by atoms with Crippen molar-refractivity contribution < 1.29 is 17.9 Å². The SMILES string of the molecule is CCOc1cccn2c(C(=O)N[C@@H]3CCN(S(N)(=O)=O)C3)c(C)nc12. The Bertz CT molecular complexity index is 908. The van der Waals surface area contributed by atoms with E-state index >= 15 is 0 Å². The molecule has 3 heterocycles. The minimum absolute atomic E-state index is 0.171. The fourth-order valence-corrected chi connectivity index (χ4v) is 3.78. The summed E-state index contributed by atoms with van der Waals surface area (Å²) in [6.07, 6.45) is 2.26. The number of nitrogens with one attached hydrogen (secondary N) is 1. The summed E-state index contributed by atoms with van der Waals surface area (Å²) >= 11 is 0. The van der Waals surface area contributed by atoms with Crippen LogP contribution in [0, 0.1) is 6.92 Å². The third-order valence-corrected chi connectivity index (χ3v) is 5.20. The van der Waals surface area contributed by atoms with Gasteiger partial charge in [-0.15, -0.1) is 0 Å². The molecule has 3 rings (SSSR count). The molecule has 1 aliphatic heterocycles. The van der Waals surface area contributed by atoms with Gasteiger partial charge in [0.25, 0.3) is 16.1 Å². The molecule has 1 amide bonds. The first kappa shape index (κ1) is 17.6. The number of fused-ring (bicyclic) bond motifs is 1. The molecular weight excluding hydrogens is 346 g/mol. The van der Waals surface area contributed by atoms with Crippen molar-refractivity contribution in [2.24, 2.45) is 5.14 Å². The van der Waals surface area contributed by atoms with Crippen LogP contribution >= 0.6 is 0 Å². The summed E-state index contributed by atoms with van der Waals surface area (Å²) < 4.78 is 31.2. The first-order valence-corrected chi connectivity index (χ1v) is 9.50. The highest BCUT2D eigenvalue weighted by atomic mass is 32.2. The number of aryl methyl sites for hydroxylation is 1. The number of hydrogen-bond donors (Lipinski definition) is 2. The summed E-state index contributed by atoms with van der Waals surface area (Å²) in [5.74, 6) is 0.299. The number of rotatable bonds is 5. The molecule has 1 atom stereocenters. The van der Waals surface area contributed by atoms with Gasteiger partial charge in [0.1, 0.15) is 5.69 Å². The van der Waals surface area contributed by atoms with Crippen molar-refractivity contribution in [2.45, 2.75) is 26.3 Å². The number of nitrogens with two attached hydrogens (primary N) is 1. The molecule has 2 aromatic rings. The van der Waals surface area contributed by atoms with Crippen molar-refractivity contribution in [3.63, 3.8) is 0 Å². The average Bonchev–Trinajstić information content (AvgIpc) is 3.11. The van der Waals surface area contributed by atoms with E-state index in [1.54, 1.807) is 29.7 Å². The van der Waals surface area contributed by atoms with Gasteiger partial charge in [-0.1, -0.05) is 0 Å². The lowest BCUT2D eigenvalue weighted by molar-refractivity contribution is 0.0932. The fraction of sp³-hybridized carbons (Fsp3) is 0.467. The van der Waals surface area contributed by atoms with Gasteiger partial charge in [-0.25, -0.2) is 10.1 Å². The molecule has 0 radical (unpaired) electrons. The van der Waals surface area contributed by atoms with Crippen molar-refractivity contribution in [1.82, 2.24) is 19.0 Å². The maximum absolute atomic E-state index is 12.7. The molecule has 0 aliphatic carbocycles. The van der Waals surface area contributed by atoms with Gasteiger partial charge in [-0.3, -0.25) is 9.20 Å². The van der Waals surface area contributed by atoms with Gasteiger partial charge >= 0.3 is 0 Å². The Kier molecular flexibility index (Phi) is 4.67. The highest BCUT2D eigenvalue weighted by Crippen LogP contribution is 2.22. The lowest BCUT2D eigenvalue weighted by atomic mass is 10.2. The zero-order valence-corrected chi connectivity index (χ0v) is 14.9. The Morgan fingerprint density at radius 3 is 2.92 bits per heavy atom. The van der Waals surface area contributed by atoms with Gasteiger partial charge in [0, 0.05) is 25.3 Å². The van der Waals surface area contributed by atoms with Crippen LogP contribution < -0.4 is 15.2 Å². The summed E-state index contributed by atoms with van der Waals surface area (Å²) in [6, 6.07) is 3.30. The van der Waals surface area contributed by atoms with Gasteiger partial charge in [-0.05, 0) is 32.4 Å². The van der Waals surface area contributed by atoms with Crippen molar-refractivity contribution >= 4 is 21.8 Å². The van der Waals surface area contributed by atoms with Crippen molar-refractivity contribution in [1.29, 1.82) is 0 Å². The molecule has 3 N–H and O–H groups in total. The van der Waals surface area contributed by atoms with E-state index in [2.05, 4.69) is 10.3 Å². The van der Waals surface area contributed by atoms with Gasteiger partial charge in [0.2, 0.25) is 0 Å². The third-order valence-electron chi connectivity index (χ3n) is 4.15. The van der Waals surface area contributed by atoms with Crippen LogP contribution in [-0.4, -0.2) is 53.8 Å². The Balaban J connectivity index is 1.84. The van der Waals surface area contributed by atoms with Crippen LogP contribution in [0.5, 0.6) is 5.75 Å². The minimum atomic E-state index is -3.73. The van der Waals surface area contributed by atoms with Crippen LogP contribution in [-0.2, 0) is 10.2 Å². The van der Waals surface area contributed by atoms with Gasteiger partial charge in [-0.2, -0.15) is 12.7 Å². The molecule has 2 aromatic heterocycles. The molecule has 1 fully saturated rings. The summed E-state index contributed by atoms with van der Waals surface area (Å²) in [5, 5.41) is 7.99. The van der Waals surface area contributed by atoms with E-state index in [0.29, 0.717) is 42.4 Å². The number of nitrogens with zero attached hydrogens (tertiary/aromatic N) is 3. The Morgan fingerprint density at radius 1 is 1.52 bits per heavy atom. The molecule has 0 saturated carbocycles. The van der Waals surface area contributed by atoms with Gasteiger partial charge < -0.3 is 10.1 Å². The molecule has 9 nitrogen and oxygen atoms in total. The quantitative estimate of drug-likeness (QED) is 0.774. The van der Waals surface area contributed by atoms with E-state index in [4.69, 9.17) is 9.88 Å². The van der Waals surface area contributed by atoms with E-state index in [1.165, 1.54) is 0 Å². The second-order valence-electron chi connectivity index (χ2n) is 5.91. The number of aromatic nitrogens is 2. The van der Waals surface area contributed by atoms with Crippen molar-refractivity contribution in [3.8, 4) is 5.75 Å². The number of hydrogen-bond acceptors (Lipinski definition) is 5. The summed E-state index contributed by atoms with van der Waals surface area (Å²) in [5.41, 5.74) is 1.56. The molecule has 10 heteroatoms. The number of pyridine rings is 1. The van der Waals surface area contributed by atoms with Gasteiger partial charge in [0.05, 0.1) is 12.3 Å². The zero-order chi connectivity index (χ0) is 18.2. The second-order valence-corrected chi connectivity index (χ2v) is 7.45. The molecule has 0 bridgehead atoms. The molecule has 136 valence electrons. The first-order chi connectivity index (χ1) is 11.8. The van der Waals surface area contributed by atoms with E-state index in [9.17, 15) is 13.2 Å². The summed E-state index contributed by atoms with van der Waals surface area (Å²) in [7, 11) is -3.73. The number of carbonyl (C=O) groups excluding carboxylic acids is 1. The highest BCUT2D eigenvalue weighted by Gasteiger charge is 2.31. The number of carbonyl (C=O) groups is 1. The Labute approximate surface area is 146 Å².